The fourth-order valence-corrected chi connectivity index (χ4v) is 2.09. The summed E-state index contributed by atoms with van der Waals surface area (Å²) in [5.74, 6) is 1.19. The van der Waals surface area contributed by atoms with Crippen LogP contribution in [0.3, 0.4) is 0 Å². The van der Waals surface area contributed by atoms with Gasteiger partial charge in [-0.1, -0.05) is 30.3 Å². The third-order valence-electron chi connectivity index (χ3n) is 3.21. The Morgan fingerprint density at radius 2 is 1.67 bits per heavy atom. The molecule has 110 valence electrons. The molecule has 0 aromatic heterocycles. The molecule has 2 aromatic carbocycles. The third kappa shape index (κ3) is 3.75. The lowest BCUT2D eigenvalue weighted by atomic mass is 10.1. The average Bonchev–Trinajstić information content (AvgIpc) is 2.49. The van der Waals surface area contributed by atoms with Gasteiger partial charge in [-0.05, 0) is 24.1 Å². The number of anilines is 1. The zero-order valence-corrected chi connectivity index (χ0v) is 12.5. The molecule has 0 spiro atoms. The van der Waals surface area contributed by atoms with Crippen LogP contribution in [0.5, 0.6) is 11.5 Å². The molecule has 0 atom stereocenters. The van der Waals surface area contributed by atoms with Crippen LogP contribution in [0.25, 0.3) is 0 Å². The predicted molar refractivity (Wildman–Crippen MR) is 83.1 cm³/mol. The summed E-state index contributed by atoms with van der Waals surface area (Å²) in [4.78, 5) is 12.1. The van der Waals surface area contributed by atoms with E-state index in [4.69, 9.17) is 9.47 Å². The summed E-state index contributed by atoms with van der Waals surface area (Å²) in [7, 11) is 3.16. The largest absolute Gasteiger partial charge is 0.493 e. The molecule has 1 amide bonds. The van der Waals surface area contributed by atoms with Crippen molar-refractivity contribution in [1.29, 1.82) is 0 Å². The molecule has 4 heteroatoms. The summed E-state index contributed by atoms with van der Waals surface area (Å²) in [6.07, 6.45) is 0.342. The normalized spacial score (nSPS) is 10.0. The number of rotatable bonds is 5. The average molecular weight is 285 g/mol. The van der Waals surface area contributed by atoms with E-state index in [1.807, 2.05) is 43.3 Å². The summed E-state index contributed by atoms with van der Waals surface area (Å²) in [6.45, 7) is 1.92. The Morgan fingerprint density at radius 1 is 1.05 bits per heavy atom. The molecule has 21 heavy (non-hydrogen) atoms. The van der Waals surface area contributed by atoms with E-state index in [9.17, 15) is 4.79 Å². The Morgan fingerprint density at radius 3 is 2.29 bits per heavy atom. The van der Waals surface area contributed by atoms with E-state index in [0.29, 0.717) is 17.9 Å². The molecular formula is C17H19NO3. The van der Waals surface area contributed by atoms with Gasteiger partial charge in [0.05, 0.1) is 20.6 Å². The van der Waals surface area contributed by atoms with Crippen molar-refractivity contribution in [2.24, 2.45) is 0 Å². The minimum absolute atomic E-state index is 0.0588. The van der Waals surface area contributed by atoms with Gasteiger partial charge in [0.25, 0.3) is 0 Å². The topological polar surface area (TPSA) is 47.6 Å². The summed E-state index contributed by atoms with van der Waals surface area (Å²) in [5, 5.41) is 2.91. The number of amides is 1. The van der Waals surface area contributed by atoms with Gasteiger partial charge < -0.3 is 14.8 Å². The van der Waals surface area contributed by atoms with Crippen LogP contribution >= 0.6 is 0 Å². The lowest BCUT2D eigenvalue weighted by Crippen LogP contribution is -2.15. The molecule has 1 N–H and O–H groups in total. The minimum Gasteiger partial charge on any atom is -0.493 e. The van der Waals surface area contributed by atoms with Crippen LogP contribution in [0, 0.1) is 6.92 Å². The van der Waals surface area contributed by atoms with E-state index in [1.54, 1.807) is 20.3 Å². The number of methoxy groups -OCH3 is 2. The molecule has 0 aliphatic carbocycles. The van der Waals surface area contributed by atoms with Gasteiger partial charge >= 0.3 is 0 Å². The van der Waals surface area contributed by atoms with E-state index in [-0.39, 0.29) is 5.91 Å². The van der Waals surface area contributed by atoms with Gasteiger partial charge in [-0.3, -0.25) is 4.79 Å². The summed E-state index contributed by atoms with van der Waals surface area (Å²) < 4.78 is 10.5. The second kappa shape index (κ2) is 6.79. The highest BCUT2D eigenvalue weighted by Gasteiger charge is 2.11. The lowest BCUT2D eigenvalue weighted by Gasteiger charge is -2.13. The molecule has 0 unspecified atom stereocenters. The molecule has 0 saturated heterocycles. The second-order valence-corrected chi connectivity index (χ2v) is 4.73. The number of nitrogens with one attached hydrogen (secondary N) is 1. The Kier molecular flexibility index (Phi) is 4.82. The molecule has 0 fully saturated rings. The maximum atomic E-state index is 12.1. The zero-order valence-electron chi connectivity index (χ0n) is 12.5. The van der Waals surface area contributed by atoms with E-state index < -0.39 is 0 Å². The number of ether oxygens (including phenoxy) is 2. The highest BCUT2D eigenvalue weighted by molar-refractivity contribution is 5.93. The molecule has 0 bridgehead atoms. The fraction of sp³-hybridized carbons (Fsp3) is 0.235. The number of hydrogen-bond donors (Lipinski definition) is 1. The Labute approximate surface area is 124 Å². The molecule has 4 nitrogen and oxygen atoms in total. The van der Waals surface area contributed by atoms with Crippen LogP contribution in [-0.2, 0) is 11.2 Å². The van der Waals surface area contributed by atoms with E-state index in [2.05, 4.69) is 5.32 Å². The summed E-state index contributed by atoms with van der Waals surface area (Å²) >= 11 is 0. The molecular weight excluding hydrogens is 266 g/mol. The van der Waals surface area contributed by atoms with Crippen LogP contribution in [0.15, 0.2) is 42.5 Å². The third-order valence-corrected chi connectivity index (χ3v) is 3.21. The van der Waals surface area contributed by atoms with Gasteiger partial charge in [-0.25, -0.2) is 0 Å². The van der Waals surface area contributed by atoms with Crippen molar-refractivity contribution in [2.45, 2.75) is 13.3 Å². The monoisotopic (exact) mass is 285 g/mol. The predicted octanol–water partition coefficient (Wildman–Crippen LogP) is 3.19. The first-order valence-electron chi connectivity index (χ1n) is 6.70. The van der Waals surface area contributed by atoms with Crippen LogP contribution < -0.4 is 14.8 Å². The van der Waals surface area contributed by atoms with Crippen molar-refractivity contribution in [3.8, 4) is 11.5 Å². The van der Waals surface area contributed by atoms with E-state index in [0.717, 1.165) is 16.8 Å². The second-order valence-electron chi connectivity index (χ2n) is 4.73. The van der Waals surface area contributed by atoms with Crippen LogP contribution in [0.1, 0.15) is 11.1 Å². The van der Waals surface area contributed by atoms with E-state index in [1.165, 1.54) is 0 Å². The van der Waals surface area contributed by atoms with Gasteiger partial charge in [-0.2, -0.15) is 0 Å². The highest BCUT2D eigenvalue weighted by atomic mass is 16.5. The van der Waals surface area contributed by atoms with Gasteiger partial charge in [0.1, 0.15) is 0 Å². The van der Waals surface area contributed by atoms with Gasteiger partial charge in [-0.15, -0.1) is 0 Å². The molecule has 2 rings (SSSR count). The first-order valence-corrected chi connectivity index (χ1v) is 6.70. The maximum absolute atomic E-state index is 12.1. The first-order chi connectivity index (χ1) is 10.1. The molecule has 0 aliphatic rings. The lowest BCUT2D eigenvalue weighted by molar-refractivity contribution is -0.115. The standard InChI is InChI=1S/C17H19NO3/c1-12-9-15(20-2)16(21-3)11-14(12)18-17(19)10-13-7-5-4-6-8-13/h4-9,11H,10H2,1-3H3,(H,18,19). The van der Waals surface area contributed by atoms with Crippen molar-refractivity contribution in [3.05, 3.63) is 53.6 Å². The van der Waals surface area contributed by atoms with Crippen molar-refractivity contribution >= 4 is 11.6 Å². The van der Waals surface area contributed by atoms with Crippen molar-refractivity contribution < 1.29 is 14.3 Å². The smallest absolute Gasteiger partial charge is 0.228 e. The zero-order chi connectivity index (χ0) is 15.2. The van der Waals surface area contributed by atoms with Crippen molar-refractivity contribution in [3.63, 3.8) is 0 Å². The molecule has 0 radical (unpaired) electrons. The Bertz CT molecular complexity index is 623. The van der Waals surface area contributed by atoms with E-state index >= 15 is 0 Å². The quantitative estimate of drug-likeness (QED) is 0.917. The maximum Gasteiger partial charge on any atom is 0.228 e. The molecule has 0 aliphatic heterocycles. The number of benzene rings is 2. The number of hydrogen-bond acceptors (Lipinski definition) is 3. The van der Waals surface area contributed by atoms with Crippen molar-refractivity contribution in [1.82, 2.24) is 0 Å². The number of carbonyl (C=O) groups is 1. The van der Waals surface area contributed by atoms with Crippen LogP contribution in [-0.4, -0.2) is 20.1 Å². The first kappa shape index (κ1) is 14.9. The summed E-state index contributed by atoms with van der Waals surface area (Å²) in [5.41, 5.74) is 2.63. The van der Waals surface area contributed by atoms with Crippen molar-refractivity contribution in [2.75, 3.05) is 19.5 Å². The fourth-order valence-electron chi connectivity index (χ4n) is 2.09. The number of aryl methyl sites for hydroxylation is 1. The van der Waals surface area contributed by atoms with Gasteiger partial charge in [0.15, 0.2) is 11.5 Å². The van der Waals surface area contributed by atoms with Gasteiger partial charge in [0, 0.05) is 11.8 Å². The Hall–Kier alpha value is -2.49. The highest BCUT2D eigenvalue weighted by Crippen LogP contribution is 2.32. The molecule has 0 heterocycles. The minimum atomic E-state index is -0.0588. The van der Waals surface area contributed by atoms with Crippen LogP contribution in [0.4, 0.5) is 5.69 Å². The SMILES string of the molecule is COc1cc(C)c(NC(=O)Cc2ccccc2)cc1OC. The van der Waals surface area contributed by atoms with Crippen LogP contribution in [0.2, 0.25) is 0 Å². The number of carbonyl (C=O) groups excluding carboxylic acids is 1. The Balaban J connectivity index is 2.14. The summed E-state index contributed by atoms with van der Waals surface area (Å²) in [6, 6.07) is 13.3. The molecule has 0 saturated carbocycles. The van der Waals surface area contributed by atoms with Gasteiger partial charge in [0.2, 0.25) is 5.91 Å². The molecule has 2 aromatic rings.